The van der Waals surface area contributed by atoms with E-state index in [0.29, 0.717) is 18.0 Å². The van der Waals surface area contributed by atoms with Gasteiger partial charge in [-0.3, -0.25) is 9.10 Å². The molecule has 0 aliphatic rings. The van der Waals surface area contributed by atoms with Gasteiger partial charge in [-0.1, -0.05) is 60.7 Å². The van der Waals surface area contributed by atoms with Crippen molar-refractivity contribution in [2.45, 2.75) is 11.4 Å². The minimum absolute atomic E-state index is 0.107. The Morgan fingerprint density at radius 3 is 2.33 bits per heavy atom. The molecular weight excluding hydrogens is 436 g/mol. The number of nitrogens with one attached hydrogen (secondary N) is 1. The summed E-state index contributed by atoms with van der Waals surface area (Å²) in [5.74, 6) is 0.0859. The van der Waals surface area contributed by atoms with E-state index in [9.17, 15) is 13.2 Å². The van der Waals surface area contributed by atoms with Crippen molar-refractivity contribution in [1.29, 1.82) is 0 Å². The van der Waals surface area contributed by atoms with Crippen LogP contribution in [0, 0.1) is 0 Å². The van der Waals surface area contributed by atoms with Gasteiger partial charge >= 0.3 is 0 Å². The van der Waals surface area contributed by atoms with Crippen LogP contribution in [-0.2, 0) is 21.4 Å². The monoisotopic (exact) mass is 460 g/mol. The second-order valence-electron chi connectivity index (χ2n) is 7.48. The summed E-state index contributed by atoms with van der Waals surface area (Å²) in [7, 11) is -2.46. The highest BCUT2D eigenvalue weighted by molar-refractivity contribution is 7.92. The van der Waals surface area contributed by atoms with Gasteiger partial charge in [0, 0.05) is 12.6 Å². The predicted molar refractivity (Wildman–Crippen MR) is 130 cm³/mol. The smallest absolute Gasteiger partial charge is 0.264 e. The van der Waals surface area contributed by atoms with Crippen molar-refractivity contribution in [1.82, 2.24) is 5.32 Å². The summed E-state index contributed by atoms with van der Waals surface area (Å²) in [6.07, 6.45) is 0. The summed E-state index contributed by atoms with van der Waals surface area (Å²) in [6, 6.07) is 28.6. The first-order valence-corrected chi connectivity index (χ1v) is 11.9. The average Bonchev–Trinajstić information content (AvgIpc) is 2.86. The number of anilines is 1. The van der Waals surface area contributed by atoms with E-state index in [1.165, 1.54) is 19.2 Å². The second-order valence-corrected chi connectivity index (χ2v) is 9.35. The molecule has 168 valence electrons. The average molecular weight is 461 g/mol. The number of ether oxygens (including phenoxy) is 1. The van der Waals surface area contributed by atoms with E-state index >= 15 is 0 Å². The van der Waals surface area contributed by atoms with E-state index in [1.807, 2.05) is 42.5 Å². The highest BCUT2D eigenvalue weighted by Gasteiger charge is 2.27. The van der Waals surface area contributed by atoms with E-state index in [-0.39, 0.29) is 11.4 Å². The zero-order valence-corrected chi connectivity index (χ0v) is 19.0. The Labute approximate surface area is 193 Å². The first-order chi connectivity index (χ1) is 16.0. The minimum atomic E-state index is -3.97. The third-order valence-electron chi connectivity index (χ3n) is 5.26. The van der Waals surface area contributed by atoms with Crippen LogP contribution in [0.4, 0.5) is 5.69 Å². The Bertz CT molecular complexity index is 1370. The van der Waals surface area contributed by atoms with E-state index in [4.69, 9.17) is 4.74 Å². The number of sulfonamides is 1. The van der Waals surface area contributed by atoms with Crippen molar-refractivity contribution in [3.8, 4) is 5.75 Å². The van der Waals surface area contributed by atoms with Crippen molar-refractivity contribution >= 4 is 32.4 Å². The Kier molecular flexibility index (Phi) is 6.60. The van der Waals surface area contributed by atoms with E-state index < -0.39 is 15.9 Å². The zero-order valence-electron chi connectivity index (χ0n) is 18.1. The molecule has 0 aliphatic carbocycles. The van der Waals surface area contributed by atoms with Crippen LogP contribution in [0.3, 0.4) is 0 Å². The van der Waals surface area contributed by atoms with Gasteiger partial charge in [0.05, 0.1) is 17.7 Å². The number of rotatable bonds is 8. The molecule has 7 heteroatoms. The molecule has 0 saturated carbocycles. The largest absolute Gasteiger partial charge is 0.497 e. The van der Waals surface area contributed by atoms with Crippen LogP contribution in [0.25, 0.3) is 10.8 Å². The van der Waals surface area contributed by atoms with E-state index in [1.54, 1.807) is 42.5 Å². The summed E-state index contributed by atoms with van der Waals surface area (Å²) in [6.45, 7) is -0.0705. The Hall–Kier alpha value is -3.84. The van der Waals surface area contributed by atoms with Crippen molar-refractivity contribution < 1.29 is 17.9 Å². The van der Waals surface area contributed by atoms with Gasteiger partial charge in [0.1, 0.15) is 12.3 Å². The molecule has 0 saturated heterocycles. The minimum Gasteiger partial charge on any atom is -0.497 e. The van der Waals surface area contributed by atoms with Crippen LogP contribution in [0.2, 0.25) is 0 Å². The molecule has 0 radical (unpaired) electrons. The molecular formula is C26H24N2O4S. The lowest BCUT2D eigenvalue weighted by Crippen LogP contribution is -2.40. The van der Waals surface area contributed by atoms with Crippen molar-refractivity contribution in [2.75, 3.05) is 18.0 Å². The fraction of sp³-hybridized carbons (Fsp3) is 0.115. The van der Waals surface area contributed by atoms with Crippen LogP contribution in [0.15, 0.2) is 102 Å². The lowest BCUT2D eigenvalue weighted by molar-refractivity contribution is -0.119. The second kappa shape index (κ2) is 9.75. The van der Waals surface area contributed by atoms with Crippen LogP contribution in [0.5, 0.6) is 5.75 Å². The molecule has 1 amide bonds. The number of carbonyl (C=O) groups is 1. The molecule has 0 spiro atoms. The highest BCUT2D eigenvalue weighted by Crippen LogP contribution is 2.26. The molecule has 0 aromatic heterocycles. The number of fused-ring (bicyclic) bond motifs is 1. The number of amides is 1. The van der Waals surface area contributed by atoms with E-state index in [2.05, 4.69) is 5.32 Å². The number of hydrogen-bond donors (Lipinski definition) is 1. The molecule has 0 unspecified atom stereocenters. The molecule has 0 atom stereocenters. The van der Waals surface area contributed by atoms with E-state index in [0.717, 1.165) is 20.6 Å². The zero-order chi connectivity index (χ0) is 23.3. The topological polar surface area (TPSA) is 75.7 Å². The molecule has 6 nitrogen and oxygen atoms in total. The van der Waals surface area contributed by atoms with Gasteiger partial charge < -0.3 is 10.1 Å². The van der Waals surface area contributed by atoms with Gasteiger partial charge in [-0.15, -0.1) is 0 Å². The molecule has 0 fully saturated rings. The standard InChI is InChI=1S/C26H24N2O4S/c1-32-24-11-7-10-23(17-24)28(33(30,31)25-12-3-2-4-13-25)19-26(29)27-18-20-14-15-21-8-5-6-9-22(21)16-20/h2-17H,18-19H2,1H3,(H,27,29). The number of carbonyl (C=O) groups excluding carboxylic acids is 1. The summed E-state index contributed by atoms with van der Waals surface area (Å²) in [5.41, 5.74) is 1.28. The van der Waals surface area contributed by atoms with Gasteiger partial charge in [-0.05, 0) is 46.7 Å². The summed E-state index contributed by atoms with van der Waals surface area (Å²) in [5, 5.41) is 5.03. The third-order valence-corrected chi connectivity index (χ3v) is 7.05. The molecule has 0 bridgehead atoms. The van der Waals surface area contributed by atoms with Crippen molar-refractivity contribution in [2.24, 2.45) is 0 Å². The SMILES string of the molecule is COc1cccc(N(CC(=O)NCc2ccc3ccccc3c2)S(=O)(=O)c2ccccc2)c1. The van der Waals surface area contributed by atoms with Crippen LogP contribution in [0.1, 0.15) is 5.56 Å². The molecule has 4 aromatic rings. The number of benzene rings is 4. The van der Waals surface area contributed by atoms with Crippen LogP contribution in [-0.4, -0.2) is 28.0 Å². The Balaban J connectivity index is 1.57. The lowest BCUT2D eigenvalue weighted by atomic mass is 10.1. The van der Waals surface area contributed by atoms with Gasteiger partial charge in [0.2, 0.25) is 5.91 Å². The first-order valence-electron chi connectivity index (χ1n) is 10.4. The number of nitrogens with zero attached hydrogens (tertiary/aromatic N) is 1. The van der Waals surface area contributed by atoms with Crippen molar-refractivity contribution in [3.63, 3.8) is 0 Å². The molecule has 1 N–H and O–H groups in total. The first kappa shape index (κ1) is 22.4. The maximum atomic E-state index is 13.4. The molecule has 33 heavy (non-hydrogen) atoms. The van der Waals surface area contributed by atoms with Crippen LogP contribution >= 0.6 is 0 Å². The van der Waals surface area contributed by atoms with Gasteiger partial charge in [0.25, 0.3) is 10.0 Å². The van der Waals surface area contributed by atoms with Gasteiger partial charge in [-0.2, -0.15) is 0 Å². The number of hydrogen-bond acceptors (Lipinski definition) is 4. The Morgan fingerprint density at radius 1 is 0.848 bits per heavy atom. The van der Waals surface area contributed by atoms with Gasteiger partial charge in [-0.25, -0.2) is 8.42 Å². The Morgan fingerprint density at radius 2 is 1.58 bits per heavy atom. The predicted octanol–water partition coefficient (Wildman–Crippen LogP) is 4.36. The molecule has 0 aliphatic heterocycles. The fourth-order valence-electron chi connectivity index (χ4n) is 3.54. The third kappa shape index (κ3) is 5.15. The van der Waals surface area contributed by atoms with Crippen molar-refractivity contribution in [3.05, 3.63) is 103 Å². The molecule has 0 heterocycles. The summed E-state index contributed by atoms with van der Waals surface area (Å²) >= 11 is 0. The molecule has 4 aromatic carbocycles. The van der Waals surface area contributed by atoms with Gasteiger partial charge in [0.15, 0.2) is 0 Å². The quantitative estimate of drug-likeness (QED) is 0.424. The fourth-order valence-corrected chi connectivity index (χ4v) is 4.97. The lowest BCUT2D eigenvalue weighted by Gasteiger charge is -2.24. The normalized spacial score (nSPS) is 11.2. The van der Waals surface area contributed by atoms with Crippen LogP contribution < -0.4 is 14.4 Å². The maximum absolute atomic E-state index is 13.4. The maximum Gasteiger partial charge on any atom is 0.264 e. The summed E-state index contributed by atoms with van der Waals surface area (Å²) in [4.78, 5) is 13.0. The summed E-state index contributed by atoms with van der Waals surface area (Å²) < 4.78 is 33.1. The number of methoxy groups -OCH3 is 1. The molecule has 4 rings (SSSR count). The highest BCUT2D eigenvalue weighted by atomic mass is 32.2.